The Balaban J connectivity index is 1.64. The first-order valence-electron chi connectivity index (χ1n) is 7.29. The van der Waals surface area contributed by atoms with Gasteiger partial charge >= 0.3 is 0 Å². The van der Waals surface area contributed by atoms with Gasteiger partial charge in [0.25, 0.3) is 0 Å². The van der Waals surface area contributed by atoms with E-state index in [1.807, 2.05) is 31.2 Å². The van der Waals surface area contributed by atoms with Crippen LogP contribution in [0.15, 0.2) is 53.4 Å². The molecule has 0 saturated heterocycles. The molecule has 7 heteroatoms. The quantitative estimate of drug-likeness (QED) is 0.433. The molecule has 0 aliphatic heterocycles. The minimum atomic E-state index is -0.280. The van der Waals surface area contributed by atoms with Gasteiger partial charge in [0.2, 0.25) is 5.91 Å². The smallest absolute Gasteiger partial charge is 0.248 e. The van der Waals surface area contributed by atoms with Gasteiger partial charge in [0.1, 0.15) is 5.82 Å². The average molecular weight is 363 g/mol. The van der Waals surface area contributed by atoms with Crippen molar-refractivity contribution in [3.63, 3.8) is 0 Å². The Labute approximate surface area is 150 Å². The molecule has 1 amide bonds. The summed E-state index contributed by atoms with van der Waals surface area (Å²) < 4.78 is 12.8. The van der Waals surface area contributed by atoms with Crippen LogP contribution in [-0.2, 0) is 11.3 Å². The van der Waals surface area contributed by atoms with Crippen LogP contribution in [0.1, 0.15) is 11.1 Å². The van der Waals surface area contributed by atoms with Crippen LogP contribution in [0.3, 0.4) is 0 Å². The highest BCUT2D eigenvalue weighted by molar-refractivity contribution is 8.00. The molecule has 0 fully saturated rings. The fourth-order valence-electron chi connectivity index (χ4n) is 1.77. The van der Waals surface area contributed by atoms with Crippen molar-refractivity contribution in [2.45, 2.75) is 18.4 Å². The van der Waals surface area contributed by atoms with E-state index in [9.17, 15) is 9.18 Å². The molecule has 0 spiro atoms. The molecule has 0 saturated carbocycles. The number of thioether (sulfide) groups is 1. The summed E-state index contributed by atoms with van der Waals surface area (Å²) in [5.41, 5.74) is 7.25. The van der Waals surface area contributed by atoms with Gasteiger partial charge in [-0.1, -0.05) is 29.8 Å². The van der Waals surface area contributed by atoms with Crippen molar-refractivity contribution >= 4 is 35.0 Å². The number of halogens is 1. The van der Waals surface area contributed by atoms with E-state index >= 15 is 0 Å². The van der Waals surface area contributed by atoms with Crippen molar-refractivity contribution in [3.8, 4) is 0 Å². The Morgan fingerprint density at radius 2 is 1.75 bits per heavy atom. The van der Waals surface area contributed by atoms with Crippen molar-refractivity contribution in [2.24, 2.45) is 0 Å². The molecule has 0 bridgehead atoms. The number of hydrogen-bond acceptors (Lipinski definition) is 3. The van der Waals surface area contributed by atoms with Gasteiger partial charge in [-0.05, 0) is 49.0 Å². The summed E-state index contributed by atoms with van der Waals surface area (Å²) in [6.07, 6.45) is 0. The summed E-state index contributed by atoms with van der Waals surface area (Å²) in [6, 6.07) is 14.1. The second-order valence-electron chi connectivity index (χ2n) is 5.08. The fourth-order valence-corrected chi connectivity index (χ4v) is 2.60. The molecule has 4 nitrogen and oxygen atoms in total. The lowest BCUT2D eigenvalue weighted by molar-refractivity contribution is -0.119. The average Bonchev–Trinajstić information content (AvgIpc) is 2.59. The zero-order chi connectivity index (χ0) is 17.4. The molecule has 2 aromatic carbocycles. The zero-order valence-electron chi connectivity index (χ0n) is 13.1. The number of hydrazine groups is 1. The van der Waals surface area contributed by atoms with Gasteiger partial charge in [0, 0.05) is 11.4 Å². The lowest BCUT2D eigenvalue weighted by Gasteiger charge is -2.11. The second kappa shape index (κ2) is 9.24. The van der Waals surface area contributed by atoms with Crippen molar-refractivity contribution < 1.29 is 9.18 Å². The van der Waals surface area contributed by atoms with Gasteiger partial charge in [-0.3, -0.25) is 15.6 Å². The number of hydrogen-bond donors (Lipinski definition) is 3. The maximum atomic E-state index is 12.8. The molecule has 0 aliphatic carbocycles. The van der Waals surface area contributed by atoms with Crippen LogP contribution in [0.25, 0.3) is 0 Å². The molecule has 3 N–H and O–H groups in total. The van der Waals surface area contributed by atoms with E-state index in [1.165, 1.54) is 29.5 Å². The molecule has 0 unspecified atom stereocenters. The number of benzene rings is 2. The normalized spacial score (nSPS) is 10.1. The number of carbonyl (C=O) groups is 1. The van der Waals surface area contributed by atoms with Crippen LogP contribution < -0.4 is 16.2 Å². The number of rotatable bonds is 5. The third-order valence-electron chi connectivity index (χ3n) is 3.07. The predicted octanol–water partition coefficient (Wildman–Crippen LogP) is 2.92. The van der Waals surface area contributed by atoms with Gasteiger partial charge in [-0.15, -0.1) is 11.8 Å². The minimum Gasteiger partial charge on any atom is -0.357 e. The Hall–Kier alpha value is -2.12. The number of thiocarbonyl (C=S) groups is 1. The lowest BCUT2D eigenvalue weighted by Crippen LogP contribution is -2.47. The van der Waals surface area contributed by atoms with Crippen LogP contribution >= 0.6 is 24.0 Å². The van der Waals surface area contributed by atoms with Crippen LogP contribution in [0.2, 0.25) is 0 Å². The summed E-state index contributed by atoms with van der Waals surface area (Å²) in [4.78, 5) is 12.8. The van der Waals surface area contributed by atoms with Crippen LogP contribution in [0.4, 0.5) is 4.39 Å². The molecule has 0 atom stereocenters. The first kappa shape index (κ1) is 18.2. The predicted molar refractivity (Wildman–Crippen MR) is 99.0 cm³/mol. The number of nitrogens with one attached hydrogen (secondary N) is 3. The van der Waals surface area contributed by atoms with Crippen LogP contribution in [0.5, 0.6) is 0 Å². The summed E-state index contributed by atoms with van der Waals surface area (Å²) in [5.74, 6) is -0.166. The first-order chi connectivity index (χ1) is 11.5. The highest BCUT2D eigenvalue weighted by atomic mass is 32.2. The zero-order valence-corrected chi connectivity index (χ0v) is 14.8. The number of carbonyl (C=O) groups excluding carboxylic acids is 1. The molecule has 126 valence electrons. The van der Waals surface area contributed by atoms with E-state index in [0.29, 0.717) is 11.7 Å². The van der Waals surface area contributed by atoms with Gasteiger partial charge < -0.3 is 5.32 Å². The standard InChI is InChI=1S/C17H18FN3OS2/c1-12-2-8-15(9-3-12)24-11-16(22)20-21-17(23)19-10-13-4-6-14(18)7-5-13/h2-9H,10-11H2,1H3,(H,20,22)(H2,19,21,23). The van der Waals surface area contributed by atoms with Gasteiger partial charge in [0.15, 0.2) is 5.11 Å². The maximum Gasteiger partial charge on any atom is 0.248 e. The topological polar surface area (TPSA) is 53.2 Å². The molecular formula is C17H18FN3OS2. The third-order valence-corrected chi connectivity index (χ3v) is 4.33. The van der Waals surface area contributed by atoms with Gasteiger partial charge in [0.05, 0.1) is 5.75 Å². The van der Waals surface area contributed by atoms with Crippen LogP contribution in [-0.4, -0.2) is 16.8 Å². The SMILES string of the molecule is Cc1ccc(SCC(=O)NNC(=S)NCc2ccc(F)cc2)cc1. The lowest BCUT2D eigenvalue weighted by atomic mass is 10.2. The maximum absolute atomic E-state index is 12.8. The molecule has 0 aliphatic rings. The minimum absolute atomic E-state index is 0.175. The van der Waals surface area contributed by atoms with Crippen molar-refractivity contribution in [1.29, 1.82) is 0 Å². The number of amides is 1. The Morgan fingerprint density at radius 3 is 2.42 bits per heavy atom. The molecule has 0 aromatic heterocycles. The fraction of sp³-hybridized carbons (Fsp3) is 0.176. The molecule has 0 heterocycles. The van der Waals surface area contributed by atoms with E-state index in [-0.39, 0.29) is 17.5 Å². The second-order valence-corrected chi connectivity index (χ2v) is 6.54. The van der Waals surface area contributed by atoms with Crippen LogP contribution in [0, 0.1) is 12.7 Å². The van der Waals surface area contributed by atoms with Crippen molar-refractivity contribution in [1.82, 2.24) is 16.2 Å². The summed E-state index contributed by atoms with van der Waals surface area (Å²) in [7, 11) is 0. The summed E-state index contributed by atoms with van der Waals surface area (Å²) >= 11 is 6.52. The van der Waals surface area contributed by atoms with E-state index < -0.39 is 0 Å². The Bertz CT molecular complexity index is 628. The highest BCUT2D eigenvalue weighted by Gasteiger charge is 2.04. The van der Waals surface area contributed by atoms with E-state index in [2.05, 4.69) is 16.2 Å². The molecule has 24 heavy (non-hydrogen) atoms. The van der Waals surface area contributed by atoms with E-state index in [4.69, 9.17) is 12.2 Å². The highest BCUT2D eigenvalue weighted by Crippen LogP contribution is 2.17. The molecular weight excluding hydrogens is 345 g/mol. The number of aryl methyl sites for hydroxylation is 1. The third kappa shape index (κ3) is 6.55. The largest absolute Gasteiger partial charge is 0.357 e. The van der Waals surface area contributed by atoms with Crippen molar-refractivity contribution in [2.75, 3.05) is 5.75 Å². The van der Waals surface area contributed by atoms with Gasteiger partial charge in [-0.2, -0.15) is 0 Å². The van der Waals surface area contributed by atoms with E-state index in [0.717, 1.165) is 10.5 Å². The first-order valence-corrected chi connectivity index (χ1v) is 8.69. The molecule has 0 radical (unpaired) electrons. The Kier molecular flexibility index (Phi) is 7.02. The van der Waals surface area contributed by atoms with Gasteiger partial charge in [-0.25, -0.2) is 4.39 Å². The monoisotopic (exact) mass is 363 g/mol. The molecule has 2 rings (SSSR count). The van der Waals surface area contributed by atoms with Crippen molar-refractivity contribution in [3.05, 3.63) is 65.5 Å². The summed E-state index contributed by atoms with van der Waals surface area (Å²) in [5, 5.41) is 3.23. The molecule has 2 aromatic rings. The Morgan fingerprint density at radius 1 is 1.08 bits per heavy atom. The van der Waals surface area contributed by atoms with E-state index in [1.54, 1.807) is 12.1 Å². The summed E-state index contributed by atoms with van der Waals surface area (Å²) in [6.45, 7) is 2.46.